The summed E-state index contributed by atoms with van der Waals surface area (Å²) in [5.41, 5.74) is 0.973. The van der Waals surface area contributed by atoms with Gasteiger partial charge in [0.2, 0.25) is 0 Å². The van der Waals surface area contributed by atoms with Crippen molar-refractivity contribution in [3.8, 4) is 0 Å². The van der Waals surface area contributed by atoms with Gasteiger partial charge in [0.15, 0.2) is 11.7 Å². The zero-order chi connectivity index (χ0) is 16.5. The topological polar surface area (TPSA) is 71.7 Å². The molecule has 1 aliphatic rings. The van der Waals surface area contributed by atoms with Gasteiger partial charge in [-0.1, -0.05) is 19.0 Å². The van der Waals surface area contributed by atoms with Crippen LogP contribution >= 0.6 is 24.0 Å². The largest absolute Gasteiger partial charge is 0.381 e. The molecule has 0 aromatic carbocycles. The molecule has 138 valence electrons. The molecule has 0 spiro atoms. The van der Waals surface area contributed by atoms with Gasteiger partial charge in [-0.2, -0.15) is 0 Å². The minimum atomic E-state index is 0. The number of ether oxygens (including phenoxy) is 1. The number of guanidine groups is 1. The number of aliphatic imine (C=N–C) groups is 1. The number of hydrogen-bond acceptors (Lipinski definition) is 4. The fourth-order valence-electron chi connectivity index (χ4n) is 2.09. The summed E-state index contributed by atoms with van der Waals surface area (Å²) >= 11 is 0. The highest BCUT2D eigenvalue weighted by Crippen LogP contribution is 2.28. The molecule has 1 heterocycles. The second-order valence-electron chi connectivity index (χ2n) is 6.37. The number of rotatable bonds is 10. The molecule has 0 amide bonds. The lowest BCUT2D eigenvalue weighted by molar-refractivity contribution is 0.123. The average molecular weight is 450 g/mol. The van der Waals surface area contributed by atoms with Crippen molar-refractivity contribution in [2.45, 2.75) is 52.5 Å². The van der Waals surface area contributed by atoms with Gasteiger partial charge in [-0.15, -0.1) is 24.0 Å². The number of nitrogens with zero attached hydrogens (tertiary/aromatic N) is 2. The monoisotopic (exact) mass is 450 g/mol. The molecule has 0 bridgehead atoms. The molecule has 7 heteroatoms. The molecule has 2 N–H and O–H groups in total. The van der Waals surface area contributed by atoms with E-state index in [0.29, 0.717) is 12.5 Å². The van der Waals surface area contributed by atoms with Gasteiger partial charge in [0, 0.05) is 32.4 Å². The van der Waals surface area contributed by atoms with Gasteiger partial charge in [0.1, 0.15) is 6.54 Å². The molecule has 2 rings (SSSR count). The summed E-state index contributed by atoms with van der Waals surface area (Å²) in [4.78, 5) is 4.53. The maximum atomic E-state index is 5.63. The Labute approximate surface area is 162 Å². The van der Waals surface area contributed by atoms with E-state index in [2.05, 4.69) is 41.6 Å². The Morgan fingerprint density at radius 3 is 2.83 bits per heavy atom. The van der Waals surface area contributed by atoms with Crippen molar-refractivity contribution in [1.29, 1.82) is 0 Å². The summed E-state index contributed by atoms with van der Waals surface area (Å²) in [5.74, 6) is 2.80. The maximum Gasteiger partial charge on any atom is 0.191 e. The summed E-state index contributed by atoms with van der Waals surface area (Å²) in [6, 6.07) is 1.98. The van der Waals surface area contributed by atoms with E-state index in [9.17, 15) is 0 Å². The maximum absolute atomic E-state index is 5.63. The van der Waals surface area contributed by atoms with Crippen LogP contribution in [0.5, 0.6) is 0 Å². The van der Waals surface area contributed by atoms with Crippen LogP contribution in [0.1, 0.15) is 57.4 Å². The van der Waals surface area contributed by atoms with Crippen molar-refractivity contribution >= 4 is 29.9 Å². The summed E-state index contributed by atoms with van der Waals surface area (Å²) in [6.45, 7) is 10.2. The van der Waals surface area contributed by atoms with Crippen LogP contribution in [0.2, 0.25) is 0 Å². The van der Waals surface area contributed by atoms with Crippen LogP contribution in [0.4, 0.5) is 0 Å². The van der Waals surface area contributed by atoms with Gasteiger partial charge in [0.05, 0.1) is 5.69 Å². The Kier molecular flexibility index (Phi) is 10.3. The van der Waals surface area contributed by atoms with Gasteiger partial charge < -0.3 is 19.9 Å². The summed E-state index contributed by atoms with van der Waals surface area (Å²) in [7, 11) is 0. The van der Waals surface area contributed by atoms with Crippen LogP contribution in [-0.2, 0) is 11.3 Å². The first kappa shape index (κ1) is 21.2. The Balaban J connectivity index is 0.00000288. The highest BCUT2D eigenvalue weighted by molar-refractivity contribution is 14.0. The Morgan fingerprint density at radius 2 is 2.21 bits per heavy atom. The smallest absolute Gasteiger partial charge is 0.191 e. The molecule has 0 saturated heterocycles. The minimum Gasteiger partial charge on any atom is -0.381 e. The third-order valence-corrected chi connectivity index (χ3v) is 3.71. The van der Waals surface area contributed by atoms with E-state index in [4.69, 9.17) is 9.26 Å². The molecule has 1 aliphatic carbocycles. The molecule has 0 unspecified atom stereocenters. The van der Waals surface area contributed by atoms with Crippen LogP contribution < -0.4 is 10.6 Å². The Bertz CT molecular complexity index is 487. The molecule has 0 aliphatic heterocycles. The molecule has 24 heavy (non-hydrogen) atoms. The van der Waals surface area contributed by atoms with E-state index in [1.54, 1.807) is 0 Å². The molecule has 6 nitrogen and oxygen atoms in total. The second-order valence-corrected chi connectivity index (χ2v) is 6.37. The molecule has 1 saturated carbocycles. The number of hydrogen-bond donors (Lipinski definition) is 2. The van der Waals surface area contributed by atoms with Crippen molar-refractivity contribution in [2.75, 3.05) is 26.3 Å². The van der Waals surface area contributed by atoms with Crippen molar-refractivity contribution in [3.05, 3.63) is 17.5 Å². The van der Waals surface area contributed by atoms with E-state index in [-0.39, 0.29) is 24.0 Å². The molecule has 0 atom stereocenters. The van der Waals surface area contributed by atoms with E-state index >= 15 is 0 Å². The first-order valence-electron chi connectivity index (χ1n) is 8.74. The summed E-state index contributed by atoms with van der Waals surface area (Å²) in [6.07, 6.45) is 3.67. The lowest BCUT2D eigenvalue weighted by Crippen LogP contribution is -2.38. The van der Waals surface area contributed by atoms with Gasteiger partial charge in [-0.25, -0.2) is 4.99 Å². The summed E-state index contributed by atoms with van der Waals surface area (Å²) in [5, 5.41) is 10.6. The van der Waals surface area contributed by atoms with Gasteiger partial charge in [-0.3, -0.25) is 0 Å². The van der Waals surface area contributed by atoms with Gasteiger partial charge >= 0.3 is 0 Å². The van der Waals surface area contributed by atoms with E-state index in [1.807, 2.05) is 6.07 Å². The van der Waals surface area contributed by atoms with Crippen molar-refractivity contribution < 1.29 is 9.26 Å². The van der Waals surface area contributed by atoms with Crippen molar-refractivity contribution in [3.63, 3.8) is 0 Å². The van der Waals surface area contributed by atoms with Crippen LogP contribution in [0.25, 0.3) is 0 Å². The lowest BCUT2D eigenvalue weighted by Gasteiger charge is -2.10. The Hall–Kier alpha value is -0.830. The fraction of sp³-hybridized carbons (Fsp3) is 0.765. The van der Waals surface area contributed by atoms with E-state index in [0.717, 1.165) is 56.1 Å². The van der Waals surface area contributed by atoms with Crippen LogP contribution in [0.15, 0.2) is 15.6 Å². The van der Waals surface area contributed by atoms with Gasteiger partial charge in [-0.05, 0) is 38.0 Å². The molecule has 1 fully saturated rings. The first-order chi connectivity index (χ1) is 11.2. The highest BCUT2D eigenvalue weighted by atomic mass is 127. The lowest BCUT2D eigenvalue weighted by atomic mass is 10.1. The number of nitrogens with one attached hydrogen (secondary N) is 2. The first-order valence-corrected chi connectivity index (χ1v) is 8.74. The van der Waals surface area contributed by atoms with E-state index in [1.165, 1.54) is 12.8 Å². The quantitative estimate of drug-likeness (QED) is 0.248. The molecular formula is C17H31IN4O2. The molecule has 1 aromatic heterocycles. The van der Waals surface area contributed by atoms with Crippen LogP contribution in [0.3, 0.4) is 0 Å². The SMILES string of the molecule is CCNC(=NCc1cc(C(C)C)no1)NCCCOCC1CC1.I. The van der Waals surface area contributed by atoms with Crippen molar-refractivity contribution in [2.24, 2.45) is 10.9 Å². The predicted octanol–water partition coefficient (Wildman–Crippen LogP) is 3.29. The van der Waals surface area contributed by atoms with E-state index < -0.39 is 0 Å². The third-order valence-electron chi connectivity index (χ3n) is 3.71. The van der Waals surface area contributed by atoms with Crippen LogP contribution in [-0.4, -0.2) is 37.4 Å². The highest BCUT2D eigenvalue weighted by Gasteiger charge is 2.20. The normalized spacial score (nSPS) is 14.6. The predicted molar refractivity (Wildman–Crippen MR) is 107 cm³/mol. The van der Waals surface area contributed by atoms with Crippen LogP contribution in [0, 0.1) is 5.92 Å². The molecular weight excluding hydrogens is 419 g/mol. The standard InChI is InChI=1S/C17H30N4O2.HI/c1-4-18-17(19-8-5-9-22-12-14-6-7-14)20-11-15-10-16(13(2)3)21-23-15;/h10,13-14H,4-9,11-12H2,1-3H3,(H2,18,19,20);1H. The number of aromatic nitrogens is 1. The molecule has 1 aromatic rings. The number of halogens is 1. The average Bonchev–Trinajstić information content (AvgIpc) is 3.22. The fourth-order valence-corrected chi connectivity index (χ4v) is 2.09. The van der Waals surface area contributed by atoms with Gasteiger partial charge in [0.25, 0.3) is 0 Å². The Morgan fingerprint density at radius 1 is 1.42 bits per heavy atom. The molecule has 0 radical (unpaired) electrons. The third kappa shape index (κ3) is 8.32. The second kappa shape index (κ2) is 11.7. The minimum absolute atomic E-state index is 0. The van der Waals surface area contributed by atoms with Crippen molar-refractivity contribution in [1.82, 2.24) is 15.8 Å². The summed E-state index contributed by atoms with van der Waals surface area (Å²) < 4.78 is 10.9. The zero-order valence-electron chi connectivity index (χ0n) is 15.0. The zero-order valence-corrected chi connectivity index (χ0v) is 17.3.